The zero-order valence-electron chi connectivity index (χ0n) is 31.8. The summed E-state index contributed by atoms with van der Waals surface area (Å²) in [5, 5.41) is 8.82. The molecule has 0 fully saturated rings. The van der Waals surface area contributed by atoms with Gasteiger partial charge in [-0.1, -0.05) is 166 Å². The molecule has 1 N–H and O–H groups in total. The third kappa shape index (κ3) is 38.3. The fourth-order valence-electron chi connectivity index (χ4n) is 5.93. The molecule has 0 aliphatic carbocycles. The van der Waals surface area contributed by atoms with Gasteiger partial charge in [0.15, 0.2) is 0 Å². The summed E-state index contributed by atoms with van der Waals surface area (Å²) in [6.07, 6.45) is 53.0. The molecular weight excluding hydrogens is 592 g/mol. The monoisotopic (exact) mass is 671 g/mol. The van der Waals surface area contributed by atoms with Gasteiger partial charge in [-0.15, -0.1) is 0 Å². The topological polar surface area (TPSA) is 63.6 Å². The van der Waals surface area contributed by atoms with Crippen molar-refractivity contribution in [3.63, 3.8) is 0 Å². The van der Waals surface area contributed by atoms with Crippen LogP contribution in [0.5, 0.6) is 0 Å². The molecule has 0 saturated heterocycles. The number of carbonyl (C=O) groups excluding carboxylic acids is 1. The van der Waals surface area contributed by atoms with Gasteiger partial charge in [-0.3, -0.25) is 9.59 Å². The zero-order chi connectivity index (χ0) is 35.0. The van der Waals surface area contributed by atoms with Crippen LogP contribution < -0.4 is 0 Å². The molecule has 0 aliphatic rings. The van der Waals surface area contributed by atoms with E-state index in [2.05, 4.69) is 62.5 Å². The van der Waals surface area contributed by atoms with E-state index in [9.17, 15) is 9.59 Å². The lowest BCUT2D eigenvalue weighted by molar-refractivity contribution is -0.147. The normalized spacial score (nSPS) is 12.7. The third-order valence-electron chi connectivity index (χ3n) is 9.01. The Kier molecular flexibility index (Phi) is 37.6. The minimum Gasteiger partial charge on any atom is -0.481 e. The second kappa shape index (κ2) is 39.3. The molecular formula is C44H78O4. The molecule has 0 bridgehead atoms. The average molecular weight is 671 g/mol. The fourth-order valence-corrected chi connectivity index (χ4v) is 5.93. The molecule has 4 nitrogen and oxygen atoms in total. The zero-order valence-corrected chi connectivity index (χ0v) is 31.8. The second-order valence-corrected chi connectivity index (χ2v) is 13.8. The van der Waals surface area contributed by atoms with Gasteiger partial charge in [0.1, 0.15) is 6.10 Å². The van der Waals surface area contributed by atoms with Crippen LogP contribution in [0.4, 0.5) is 0 Å². The van der Waals surface area contributed by atoms with Gasteiger partial charge in [0.05, 0.1) is 0 Å². The van der Waals surface area contributed by atoms with Gasteiger partial charge >= 0.3 is 11.9 Å². The number of rotatable bonds is 37. The average Bonchev–Trinajstić information content (AvgIpc) is 3.07. The lowest BCUT2D eigenvalue weighted by Gasteiger charge is -2.14. The Morgan fingerprint density at radius 2 is 0.875 bits per heavy atom. The largest absolute Gasteiger partial charge is 0.481 e. The van der Waals surface area contributed by atoms with Crippen LogP contribution in [0.15, 0.2) is 48.6 Å². The van der Waals surface area contributed by atoms with E-state index >= 15 is 0 Å². The molecule has 0 aromatic carbocycles. The third-order valence-corrected chi connectivity index (χ3v) is 9.01. The van der Waals surface area contributed by atoms with Gasteiger partial charge in [0.25, 0.3) is 0 Å². The molecule has 0 aromatic heterocycles. The first kappa shape index (κ1) is 45.9. The summed E-state index contributed by atoms with van der Waals surface area (Å²) in [6.45, 7) is 4.50. The number of allylic oxidation sites excluding steroid dienone is 7. The maximum atomic E-state index is 12.6. The predicted octanol–water partition coefficient (Wildman–Crippen LogP) is 14.3. The number of aliphatic carboxylic acids is 1. The molecule has 0 radical (unpaired) electrons. The smallest absolute Gasteiger partial charge is 0.306 e. The highest BCUT2D eigenvalue weighted by molar-refractivity contribution is 5.69. The van der Waals surface area contributed by atoms with Crippen LogP contribution in [0.3, 0.4) is 0 Å². The molecule has 0 spiro atoms. The molecule has 0 aliphatic heterocycles. The number of hydrogen-bond donors (Lipinski definition) is 1. The quantitative estimate of drug-likeness (QED) is 0.0406. The Labute approximate surface area is 298 Å². The Bertz CT molecular complexity index is 809. The second-order valence-electron chi connectivity index (χ2n) is 13.8. The van der Waals surface area contributed by atoms with Crippen molar-refractivity contribution in [1.82, 2.24) is 0 Å². The van der Waals surface area contributed by atoms with Crippen molar-refractivity contribution in [2.45, 2.75) is 219 Å². The van der Waals surface area contributed by atoms with Crippen molar-refractivity contribution in [3.8, 4) is 0 Å². The summed E-state index contributed by atoms with van der Waals surface area (Å²) in [5.41, 5.74) is 0. The van der Waals surface area contributed by atoms with Crippen LogP contribution in [0.2, 0.25) is 0 Å². The van der Waals surface area contributed by atoms with Gasteiger partial charge in [0, 0.05) is 12.8 Å². The van der Waals surface area contributed by atoms with E-state index in [1.54, 1.807) is 0 Å². The first-order valence-electron chi connectivity index (χ1n) is 20.6. The van der Waals surface area contributed by atoms with E-state index in [1.807, 2.05) is 0 Å². The van der Waals surface area contributed by atoms with Gasteiger partial charge in [0.2, 0.25) is 0 Å². The fraction of sp³-hybridized carbons (Fsp3) is 0.773. The lowest BCUT2D eigenvalue weighted by Crippen LogP contribution is -2.16. The minimum atomic E-state index is -0.727. The van der Waals surface area contributed by atoms with E-state index in [-0.39, 0.29) is 18.5 Å². The summed E-state index contributed by atoms with van der Waals surface area (Å²) in [7, 11) is 0. The van der Waals surface area contributed by atoms with Crippen molar-refractivity contribution < 1.29 is 19.4 Å². The van der Waals surface area contributed by atoms with E-state index in [0.29, 0.717) is 12.8 Å². The summed E-state index contributed by atoms with van der Waals surface area (Å²) >= 11 is 0. The molecule has 0 aromatic rings. The molecule has 1 atom stereocenters. The molecule has 0 heterocycles. The molecule has 0 rings (SSSR count). The molecule has 48 heavy (non-hydrogen) atoms. The summed E-state index contributed by atoms with van der Waals surface area (Å²) in [4.78, 5) is 23.3. The van der Waals surface area contributed by atoms with Gasteiger partial charge in [-0.2, -0.15) is 0 Å². The van der Waals surface area contributed by atoms with Crippen molar-refractivity contribution in [3.05, 3.63) is 48.6 Å². The van der Waals surface area contributed by atoms with Gasteiger partial charge in [-0.25, -0.2) is 0 Å². The highest BCUT2D eigenvalue weighted by Crippen LogP contribution is 2.16. The number of carbonyl (C=O) groups is 2. The van der Waals surface area contributed by atoms with E-state index in [0.717, 1.165) is 57.8 Å². The maximum Gasteiger partial charge on any atom is 0.306 e. The van der Waals surface area contributed by atoms with Crippen LogP contribution >= 0.6 is 0 Å². The number of unbranched alkanes of at least 4 members (excludes halogenated alkanes) is 22. The van der Waals surface area contributed by atoms with E-state index in [4.69, 9.17) is 9.84 Å². The van der Waals surface area contributed by atoms with Crippen LogP contribution in [0.1, 0.15) is 213 Å². The molecule has 0 amide bonds. The van der Waals surface area contributed by atoms with Crippen LogP contribution in [-0.2, 0) is 14.3 Å². The molecule has 278 valence electrons. The van der Waals surface area contributed by atoms with Crippen LogP contribution in [0.25, 0.3) is 0 Å². The molecule has 4 heteroatoms. The van der Waals surface area contributed by atoms with Gasteiger partial charge < -0.3 is 9.84 Å². The number of ether oxygens (including phenoxy) is 1. The van der Waals surface area contributed by atoms with E-state index in [1.165, 1.54) is 122 Å². The summed E-state index contributed by atoms with van der Waals surface area (Å²) in [5.74, 6) is -0.809. The maximum absolute atomic E-state index is 12.6. The first-order valence-corrected chi connectivity index (χ1v) is 20.6. The summed E-state index contributed by atoms with van der Waals surface area (Å²) in [6, 6.07) is 0. The minimum absolute atomic E-state index is 0.0820. The molecule has 1 unspecified atom stereocenters. The van der Waals surface area contributed by atoms with Crippen molar-refractivity contribution >= 4 is 11.9 Å². The Hall–Kier alpha value is -2.10. The SMILES string of the molecule is CCCCC/C=C\C/C=C\C(CCCCCCC(=O)O)OC(=O)CCCCCCCCCCCCC/C=C\C/C=C\CCCCCCC. The highest BCUT2D eigenvalue weighted by Gasteiger charge is 2.11. The van der Waals surface area contributed by atoms with Gasteiger partial charge in [-0.05, 0) is 83.1 Å². The Morgan fingerprint density at radius 1 is 0.479 bits per heavy atom. The number of esters is 1. The Morgan fingerprint density at radius 3 is 1.40 bits per heavy atom. The first-order chi connectivity index (χ1) is 23.6. The predicted molar refractivity (Wildman–Crippen MR) is 209 cm³/mol. The number of carboxylic acids is 1. The number of carboxylic acid groups (broad SMARTS) is 1. The lowest BCUT2D eigenvalue weighted by atomic mass is 10.0. The summed E-state index contributed by atoms with van der Waals surface area (Å²) < 4.78 is 5.85. The molecule has 0 saturated carbocycles. The van der Waals surface area contributed by atoms with E-state index < -0.39 is 5.97 Å². The van der Waals surface area contributed by atoms with Crippen LogP contribution in [-0.4, -0.2) is 23.1 Å². The Balaban J connectivity index is 3.85. The van der Waals surface area contributed by atoms with Crippen molar-refractivity contribution in [1.29, 1.82) is 0 Å². The van der Waals surface area contributed by atoms with Crippen molar-refractivity contribution in [2.75, 3.05) is 0 Å². The standard InChI is InChI=1S/C44H78O4/c1-3-5-7-9-11-13-14-15-16-17-18-19-20-21-22-23-24-25-26-27-29-31-37-41-44(47)48-42(39-35-32-33-36-40-43(45)46)38-34-30-28-12-10-8-6-4-2/h12,14-15,17-18,28,34,38,42H,3-11,13,16,19-27,29-33,35-37,39-41H2,1-2H3,(H,45,46)/b15-14-,18-17-,28-12-,38-34-. The van der Waals surface area contributed by atoms with Crippen LogP contribution in [0, 0.1) is 0 Å². The van der Waals surface area contributed by atoms with Crippen molar-refractivity contribution in [2.24, 2.45) is 0 Å². The highest BCUT2D eigenvalue weighted by atomic mass is 16.5. The number of hydrogen-bond acceptors (Lipinski definition) is 3.